The number of benzene rings is 3. The number of nitrogens with zero attached hydrogens (tertiary/aromatic N) is 4. The van der Waals surface area contributed by atoms with Crippen LogP contribution in [0.2, 0.25) is 0 Å². The van der Waals surface area contributed by atoms with Gasteiger partial charge >= 0.3 is 0 Å². The van der Waals surface area contributed by atoms with Crippen LogP contribution in [0.3, 0.4) is 0 Å². The lowest BCUT2D eigenvalue weighted by atomic mass is 9.86. The highest BCUT2D eigenvalue weighted by Crippen LogP contribution is 2.39. The lowest BCUT2D eigenvalue weighted by molar-refractivity contribution is -0.136. The average molecular weight is 894 g/mol. The van der Waals surface area contributed by atoms with Gasteiger partial charge in [-0.25, -0.2) is 13.4 Å². The van der Waals surface area contributed by atoms with E-state index in [1.165, 1.54) is 11.6 Å². The van der Waals surface area contributed by atoms with E-state index in [1.54, 1.807) is 56.4 Å². The fourth-order valence-corrected chi connectivity index (χ4v) is 9.47. The van der Waals surface area contributed by atoms with Crippen LogP contribution in [0, 0.1) is 13.8 Å². The van der Waals surface area contributed by atoms with Gasteiger partial charge in [0.1, 0.15) is 17.6 Å². The summed E-state index contributed by atoms with van der Waals surface area (Å²) in [7, 11) is -3.56. The summed E-state index contributed by atoms with van der Waals surface area (Å²) in [6.45, 7) is 13.4. The normalized spacial score (nSPS) is 17.1. The van der Waals surface area contributed by atoms with Crippen LogP contribution in [0.4, 0.5) is 28.8 Å². The van der Waals surface area contributed by atoms with Crippen molar-refractivity contribution in [3.63, 3.8) is 0 Å². The Bertz CT molecular complexity index is 2590. The summed E-state index contributed by atoms with van der Waals surface area (Å²) in [4.78, 5) is 76.2. The Morgan fingerprint density at radius 3 is 2.33 bits per heavy atom. The molecule has 7 rings (SSSR count). The van der Waals surface area contributed by atoms with Gasteiger partial charge in [-0.1, -0.05) is 18.2 Å². The summed E-state index contributed by atoms with van der Waals surface area (Å²) in [5, 5.41) is 14.3. The zero-order chi connectivity index (χ0) is 45.9. The number of ether oxygens (including phenoxy) is 1. The van der Waals surface area contributed by atoms with Crippen molar-refractivity contribution in [3.05, 3.63) is 88.6 Å². The highest BCUT2D eigenvalue weighted by atomic mass is 32.2. The Hall–Kier alpha value is -6.40. The quantitative estimate of drug-likeness (QED) is 0.0707. The first kappa shape index (κ1) is 45.6. The van der Waals surface area contributed by atoms with Gasteiger partial charge in [-0.15, -0.1) is 0 Å². The van der Waals surface area contributed by atoms with Crippen molar-refractivity contribution < 1.29 is 37.1 Å². The number of anilines is 5. The fraction of sp³-hybridized carbons (Fsp3) is 0.413. The lowest BCUT2D eigenvalue weighted by Gasteiger charge is -2.33. The third kappa shape index (κ3) is 9.87. The minimum Gasteiger partial charge on any atom is -0.489 e. The summed E-state index contributed by atoms with van der Waals surface area (Å²) in [6.07, 6.45) is 3.36. The molecule has 1 aromatic heterocycles. The number of nitrogens with one attached hydrogen (secondary N) is 5. The van der Waals surface area contributed by atoms with Crippen LogP contribution < -0.4 is 31.3 Å². The molecule has 4 aromatic rings. The molecule has 3 aromatic carbocycles. The minimum absolute atomic E-state index is 0.0380. The predicted octanol–water partition coefficient (Wildman–Crippen LogP) is 5.36. The number of amides is 5. The van der Waals surface area contributed by atoms with Gasteiger partial charge in [-0.3, -0.25) is 39.1 Å². The van der Waals surface area contributed by atoms with E-state index in [4.69, 9.17) is 9.72 Å². The SMILES string of the molecule is Cc1cc(Nc2ncc(C)c(Nc3ccccc3S(=O)(=O)C(C)C)n2)c(OC(C)C)cc1C1CCN(CC(=O)NCCNc2cccc3c2C(=O)N(C2CCC(=O)NC2=O)C3=O)CC1. The minimum atomic E-state index is -3.56. The second-order valence-electron chi connectivity index (χ2n) is 16.9. The van der Waals surface area contributed by atoms with Crippen molar-refractivity contribution in [1.29, 1.82) is 0 Å². The molecule has 3 aliphatic rings. The highest BCUT2D eigenvalue weighted by molar-refractivity contribution is 7.92. The van der Waals surface area contributed by atoms with Crippen molar-refractivity contribution in [2.45, 2.75) is 95.4 Å². The Kier molecular flexibility index (Phi) is 13.6. The Labute approximate surface area is 373 Å². The number of piperidine rings is 2. The Morgan fingerprint density at radius 2 is 1.61 bits per heavy atom. The molecule has 1 atom stereocenters. The number of imide groups is 2. The van der Waals surface area contributed by atoms with Crippen LogP contribution >= 0.6 is 0 Å². The number of carbonyl (C=O) groups excluding carboxylic acids is 5. The molecule has 0 bridgehead atoms. The topological polar surface area (TPSA) is 221 Å². The molecular formula is C46H55N9O8S. The third-order valence-corrected chi connectivity index (χ3v) is 13.9. The maximum Gasteiger partial charge on any atom is 0.264 e. The van der Waals surface area contributed by atoms with Gasteiger partial charge in [0.05, 0.1) is 45.3 Å². The number of fused-ring (bicyclic) bond motifs is 1. The smallest absolute Gasteiger partial charge is 0.264 e. The molecule has 2 fully saturated rings. The van der Waals surface area contributed by atoms with E-state index in [0.717, 1.165) is 42.0 Å². The van der Waals surface area contributed by atoms with Crippen molar-refractivity contribution >= 4 is 68.2 Å². The summed E-state index contributed by atoms with van der Waals surface area (Å²) >= 11 is 0. The largest absolute Gasteiger partial charge is 0.489 e. The molecule has 4 heterocycles. The van der Waals surface area contributed by atoms with Crippen molar-refractivity contribution in [3.8, 4) is 5.75 Å². The number of rotatable bonds is 16. The predicted molar refractivity (Wildman–Crippen MR) is 242 cm³/mol. The number of carbonyl (C=O) groups is 5. The molecule has 0 aliphatic carbocycles. The second kappa shape index (κ2) is 19.1. The van der Waals surface area contributed by atoms with Crippen LogP contribution in [-0.2, 0) is 24.2 Å². The van der Waals surface area contributed by atoms with E-state index in [0.29, 0.717) is 41.1 Å². The van der Waals surface area contributed by atoms with E-state index < -0.39 is 44.8 Å². The van der Waals surface area contributed by atoms with Crippen LogP contribution in [-0.4, -0.2) is 108 Å². The number of hydrogen-bond donors (Lipinski definition) is 5. The van der Waals surface area contributed by atoms with Gasteiger partial charge in [-0.05, 0) is 127 Å². The monoisotopic (exact) mass is 893 g/mol. The molecule has 64 heavy (non-hydrogen) atoms. The zero-order valence-corrected chi connectivity index (χ0v) is 37.7. The number of para-hydroxylation sites is 1. The summed E-state index contributed by atoms with van der Waals surface area (Å²) in [5.74, 6) is -0.733. The molecule has 0 radical (unpaired) electrons. The number of aromatic nitrogens is 2. The van der Waals surface area contributed by atoms with Crippen molar-refractivity contribution in [1.82, 2.24) is 30.4 Å². The molecule has 5 N–H and O–H groups in total. The Morgan fingerprint density at radius 1 is 0.875 bits per heavy atom. The molecule has 1 unspecified atom stereocenters. The van der Waals surface area contributed by atoms with Crippen LogP contribution in [0.25, 0.3) is 0 Å². The average Bonchev–Trinajstić information content (AvgIpc) is 3.50. The standard InChI is InChI=1S/C46H55N9O8S/c1-26(2)63-37-23-32(28(5)22-35(37)51-46-49-24-29(6)42(53-46)50-33-11-7-8-13-38(33)64(61,62)27(3)4)30-16-20-54(21-17-30)25-40(57)48-19-18-47-34-12-9-10-31-41(34)45(60)55(44(31)59)36-14-15-39(56)52-43(36)58/h7-13,22-24,26-27,30,36,47H,14-21,25H2,1-6H3,(H,48,57)(H,52,56,58)(H2,49,50,51,53). The first-order valence-corrected chi connectivity index (χ1v) is 23.2. The van der Waals surface area contributed by atoms with Crippen LogP contribution in [0.15, 0.2) is 65.7 Å². The molecule has 3 aliphatic heterocycles. The van der Waals surface area contributed by atoms with E-state index in [2.05, 4.69) is 49.5 Å². The van der Waals surface area contributed by atoms with Gasteiger partial charge < -0.3 is 26.0 Å². The van der Waals surface area contributed by atoms with E-state index in [9.17, 15) is 32.4 Å². The maximum atomic E-state index is 13.4. The number of aryl methyl sites for hydroxylation is 2. The molecule has 0 saturated carbocycles. The summed E-state index contributed by atoms with van der Waals surface area (Å²) in [5.41, 5.74) is 4.87. The number of hydrogen-bond acceptors (Lipinski definition) is 14. The van der Waals surface area contributed by atoms with Crippen LogP contribution in [0.5, 0.6) is 5.75 Å². The molecule has 0 spiro atoms. The first-order valence-electron chi connectivity index (χ1n) is 21.6. The van der Waals surface area contributed by atoms with Gasteiger partial charge in [-0.2, -0.15) is 4.98 Å². The Balaban J connectivity index is 0.930. The molecule has 2 saturated heterocycles. The third-order valence-electron chi connectivity index (χ3n) is 11.6. The first-order chi connectivity index (χ1) is 30.5. The summed E-state index contributed by atoms with van der Waals surface area (Å²) < 4.78 is 32.6. The number of likely N-dealkylation sites (tertiary alicyclic amines) is 1. The summed E-state index contributed by atoms with van der Waals surface area (Å²) in [6, 6.07) is 14.7. The molecule has 18 heteroatoms. The van der Waals surface area contributed by atoms with Crippen LogP contribution in [0.1, 0.15) is 96.7 Å². The molecule has 17 nitrogen and oxygen atoms in total. The van der Waals surface area contributed by atoms with E-state index in [1.807, 2.05) is 26.8 Å². The van der Waals surface area contributed by atoms with Gasteiger partial charge in [0.2, 0.25) is 23.7 Å². The fourth-order valence-electron chi connectivity index (χ4n) is 8.26. The zero-order valence-electron chi connectivity index (χ0n) is 36.9. The van der Waals surface area contributed by atoms with Gasteiger partial charge in [0.25, 0.3) is 11.8 Å². The van der Waals surface area contributed by atoms with Crippen molar-refractivity contribution in [2.75, 3.05) is 48.7 Å². The lowest BCUT2D eigenvalue weighted by Crippen LogP contribution is -2.54. The van der Waals surface area contributed by atoms with Gasteiger partial charge in [0, 0.05) is 37.0 Å². The molecule has 5 amide bonds. The van der Waals surface area contributed by atoms with Gasteiger partial charge in [0.15, 0.2) is 9.84 Å². The van der Waals surface area contributed by atoms with E-state index >= 15 is 0 Å². The molecular weight excluding hydrogens is 839 g/mol. The molecule has 338 valence electrons. The maximum absolute atomic E-state index is 13.4. The number of sulfone groups is 1. The second-order valence-corrected chi connectivity index (χ2v) is 19.4. The highest BCUT2D eigenvalue weighted by Gasteiger charge is 2.45. The van der Waals surface area contributed by atoms with E-state index in [-0.39, 0.29) is 59.9 Å². The van der Waals surface area contributed by atoms with Crippen molar-refractivity contribution in [2.24, 2.45) is 0 Å².